The molecule has 0 unspecified atom stereocenters. The van der Waals surface area contributed by atoms with E-state index in [0.29, 0.717) is 13.0 Å². The van der Waals surface area contributed by atoms with E-state index in [1.54, 1.807) is 0 Å². The lowest BCUT2D eigenvalue weighted by Gasteiger charge is -2.27. The Hall–Kier alpha value is -1.15. The van der Waals surface area contributed by atoms with Gasteiger partial charge in [-0.3, -0.25) is 4.79 Å². The molecule has 2 nitrogen and oxygen atoms in total. The molecule has 2 heteroatoms. The molecule has 0 bridgehead atoms. The Morgan fingerprint density at radius 3 is 2.65 bits per heavy atom. The molecule has 1 aromatic rings. The summed E-state index contributed by atoms with van der Waals surface area (Å²) in [5, 5.41) is 0. The molecule has 3 rings (SSSR count). The fourth-order valence-corrected chi connectivity index (χ4v) is 3.81. The lowest BCUT2D eigenvalue weighted by atomic mass is 9.90. The molecular weight excluding hydrogens is 248 g/mol. The second kappa shape index (κ2) is 5.69. The molecule has 0 atom stereocenters. The van der Waals surface area contributed by atoms with Crippen LogP contribution in [0.5, 0.6) is 0 Å². The second-order valence-corrected chi connectivity index (χ2v) is 6.19. The smallest absolute Gasteiger partial charge is 0.168 e. The van der Waals surface area contributed by atoms with Crippen LogP contribution in [0, 0.1) is 0 Å². The Bertz CT molecular complexity index is 498. The first kappa shape index (κ1) is 13.8. The molecule has 1 aromatic carbocycles. The zero-order valence-corrected chi connectivity index (χ0v) is 12.4. The molecule has 0 saturated heterocycles. The summed E-state index contributed by atoms with van der Waals surface area (Å²) >= 11 is 0. The van der Waals surface area contributed by atoms with Crippen molar-refractivity contribution in [1.82, 2.24) is 0 Å². The maximum atomic E-state index is 12.7. The molecule has 108 valence electrons. The van der Waals surface area contributed by atoms with Crippen molar-refractivity contribution in [3.8, 4) is 0 Å². The van der Waals surface area contributed by atoms with Gasteiger partial charge >= 0.3 is 0 Å². The zero-order chi connectivity index (χ0) is 14.0. The average molecular weight is 272 g/mol. The van der Waals surface area contributed by atoms with E-state index in [9.17, 15) is 4.79 Å². The quantitative estimate of drug-likeness (QED) is 0.818. The average Bonchev–Trinajstić information content (AvgIpc) is 3.08. The monoisotopic (exact) mass is 272 g/mol. The van der Waals surface area contributed by atoms with Gasteiger partial charge in [0, 0.05) is 13.0 Å². The van der Waals surface area contributed by atoms with E-state index in [4.69, 9.17) is 4.74 Å². The van der Waals surface area contributed by atoms with Crippen LogP contribution in [0.15, 0.2) is 18.2 Å². The minimum Gasteiger partial charge on any atom is -0.367 e. The van der Waals surface area contributed by atoms with E-state index < -0.39 is 5.60 Å². The van der Waals surface area contributed by atoms with E-state index >= 15 is 0 Å². The minimum absolute atomic E-state index is 0.287. The van der Waals surface area contributed by atoms with Crippen molar-refractivity contribution in [2.24, 2.45) is 0 Å². The van der Waals surface area contributed by atoms with Crippen molar-refractivity contribution >= 4 is 5.78 Å². The summed E-state index contributed by atoms with van der Waals surface area (Å²) in [7, 11) is 0. The number of fused-ring (bicyclic) bond motifs is 1. The van der Waals surface area contributed by atoms with Gasteiger partial charge in [-0.15, -0.1) is 0 Å². The minimum atomic E-state index is -0.478. The summed E-state index contributed by atoms with van der Waals surface area (Å²) < 4.78 is 5.87. The highest BCUT2D eigenvalue weighted by Crippen LogP contribution is 2.35. The summed E-state index contributed by atoms with van der Waals surface area (Å²) in [6, 6.07) is 6.60. The van der Waals surface area contributed by atoms with E-state index in [1.165, 1.54) is 36.0 Å². The number of carbonyl (C=O) groups is 1. The Kier molecular flexibility index (Phi) is 3.93. The number of ether oxygens (including phenoxy) is 1. The third-order valence-electron chi connectivity index (χ3n) is 4.87. The lowest BCUT2D eigenvalue weighted by molar-refractivity contribution is -0.142. The van der Waals surface area contributed by atoms with Gasteiger partial charge in [0.15, 0.2) is 5.78 Å². The van der Waals surface area contributed by atoms with Crippen molar-refractivity contribution in [3.05, 3.63) is 34.9 Å². The number of rotatable bonds is 5. The second-order valence-electron chi connectivity index (χ2n) is 6.19. The van der Waals surface area contributed by atoms with Crippen LogP contribution >= 0.6 is 0 Å². The predicted octanol–water partition coefficient (Wildman–Crippen LogP) is 3.64. The maximum absolute atomic E-state index is 12.7. The van der Waals surface area contributed by atoms with Gasteiger partial charge in [0.25, 0.3) is 0 Å². The highest BCUT2D eigenvalue weighted by molar-refractivity contribution is 5.89. The van der Waals surface area contributed by atoms with Crippen molar-refractivity contribution in [2.45, 2.75) is 63.9 Å². The molecule has 0 spiro atoms. The van der Waals surface area contributed by atoms with Crippen LogP contribution in [-0.4, -0.2) is 18.0 Å². The summed E-state index contributed by atoms with van der Waals surface area (Å²) in [6.07, 6.45) is 8.23. The Morgan fingerprint density at radius 2 is 1.90 bits per heavy atom. The number of benzene rings is 1. The van der Waals surface area contributed by atoms with Crippen molar-refractivity contribution in [1.29, 1.82) is 0 Å². The van der Waals surface area contributed by atoms with Crippen LogP contribution in [0.3, 0.4) is 0 Å². The van der Waals surface area contributed by atoms with E-state index in [2.05, 4.69) is 18.2 Å². The van der Waals surface area contributed by atoms with Gasteiger partial charge < -0.3 is 4.74 Å². The van der Waals surface area contributed by atoms with E-state index in [-0.39, 0.29) is 5.78 Å². The molecule has 0 amide bonds. The highest BCUT2D eigenvalue weighted by Gasteiger charge is 2.41. The molecule has 2 aliphatic carbocycles. The molecule has 1 fully saturated rings. The zero-order valence-electron chi connectivity index (χ0n) is 12.4. The maximum Gasteiger partial charge on any atom is 0.168 e. The summed E-state index contributed by atoms with van der Waals surface area (Å²) in [5.74, 6) is 0.287. The van der Waals surface area contributed by atoms with Gasteiger partial charge in [0.2, 0.25) is 0 Å². The molecule has 0 aliphatic heterocycles. The van der Waals surface area contributed by atoms with Crippen molar-refractivity contribution in [3.63, 3.8) is 0 Å². The van der Waals surface area contributed by atoms with Gasteiger partial charge in [-0.05, 0) is 68.6 Å². The molecule has 1 saturated carbocycles. The summed E-state index contributed by atoms with van der Waals surface area (Å²) in [5.41, 5.74) is 3.61. The molecule has 0 aromatic heterocycles. The summed E-state index contributed by atoms with van der Waals surface area (Å²) in [4.78, 5) is 12.7. The largest absolute Gasteiger partial charge is 0.367 e. The van der Waals surface area contributed by atoms with Gasteiger partial charge in [0.1, 0.15) is 5.60 Å². The number of carbonyl (C=O) groups excluding carboxylic acids is 1. The first-order valence-electron chi connectivity index (χ1n) is 8.01. The van der Waals surface area contributed by atoms with Crippen molar-refractivity contribution in [2.75, 3.05) is 6.61 Å². The van der Waals surface area contributed by atoms with Gasteiger partial charge in [-0.25, -0.2) is 0 Å². The standard InChI is InChI=1S/C18H24O2/c1-2-20-18(10-3-4-11-18)17(19)13-14-8-9-15-6-5-7-16(15)12-14/h8-9,12H,2-7,10-11,13H2,1H3. The fraction of sp³-hybridized carbons (Fsp3) is 0.611. The van der Waals surface area contributed by atoms with Crippen LogP contribution in [-0.2, 0) is 28.8 Å². The van der Waals surface area contributed by atoms with Crippen LogP contribution in [0.25, 0.3) is 0 Å². The first-order chi connectivity index (χ1) is 9.73. The van der Waals surface area contributed by atoms with Gasteiger partial charge in [-0.2, -0.15) is 0 Å². The lowest BCUT2D eigenvalue weighted by Crippen LogP contribution is -2.40. The Balaban J connectivity index is 1.74. The van der Waals surface area contributed by atoms with Crippen LogP contribution in [0.4, 0.5) is 0 Å². The number of ketones is 1. The topological polar surface area (TPSA) is 26.3 Å². The third-order valence-corrected chi connectivity index (χ3v) is 4.87. The SMILES string of the molecule is CCOC1(C(=O)Cc2ccc3c(c2)CCC3)CCCC1. The Morgan fingerprint density at radius 1 is 1.15 bits per heavy atom. The van der Waals surface area contributed by atoms with Gasteiger partial charge in [0.05, 0.1) is 0 Å². The molecular formula is C18H24O2. The normalized spacial score (nSPS) is 20.1. The van der Waals surface area contributed by atoms with E-state index in [1.807, 2.05) is 6.92 Å². The third kappa shape index (κ3) is 2.54. The Labute approximate surface area is 121 Å². The number of hydrogen-bond acceptors (Lipinski definition) is 2. The van der Waals surface area contributed by atoms with Crippen LogP contribution < -0.4 is 0 Å². The number of Topliss-reactive ketones (excluding diaryl/α,β-unsaturated/α-hetero) is 1. The molecule has 0 radical (unpaired) electrons. The van der Waals surface area contributed by atoms with Crippen LogP contribution in [0.1, 0.15) is 55.7 Å². The molecule has 2 aliphatic rings. The molecule has 20 heavy (non-hydrogen) atoms. The van der Waals surface area contributed by atoms with E-state index in [0.717, 1.165) is 25.7 Å². The predicted molar refractivity (Wildman–Crippen MR) is 80.0 cm³/mol. The number of aryl methyl sites for hydroxylation is 2. The number of hydrogen-bond donors (Lipinski definition) is 0. The first-order valence-corrected chi connectivity index (χ1v) is 8.01. The molecule has 0 N–H and O–H groups in total. The highest BCUT2D eigenvalue weighted by atomic mass is 16.5. The fourth-order valence-electron chi connectivity index (χ4n) is 3.81. The molecule has 0 heterocycles. The van der Waals surface area contributed by atoms with Crippen LogP contribution in [0.2, 0.25) is 0 Å². The summed E-state index contributed by atoms with van der Waals surface area (Å²) in [6.45, 7) is 2.62. The van der Waals surface area contributed by atoms with Gasteiger partial charge in [-0.1, -0.05) is 18.2 Å². The van der Waals surface area contributed by atoms with Crippen molar-refractivity contribution < 1.29 is 9.53 Å².